The van der Waals surface area contributed by atoms with Crippen LogP contribution in [-0.2, 0) is 11.3 Å². The molecule has 0 bridgehead atoms. The van der Waals surface area contributed by atoms with Crippen LogP contribution < -0.4 is 11.1 Å². The van der Waals surface area contributed by atoms with Gasteiger partial charge in [-0.3, -0.25) is 9.69 Å². The van der Waals surface area contributed by atoms with Crippen molar-refractivity contribution in [1.29, 1.82) is 0 Å². The van der Waals surface area contributed by atoms with Gasteiger partial charge in [-0.05, 0) is 51.2 Å². The second-order valence-electron chi connectivity index (χ2n) is 5.92. The molecule has 116 valence electrons. The van der Waals surface area contributed by atoms with Crippen LogP contribution in [-0.4, -0.2) is 55.5 Å². The smallest absolute Gasteiger partial charge is 0.238 e. The zero-order valence-electron chi connectivity index (χ0n) is 13.0. The number of anilines is 1. The van der Waals surface area contributed by atoms with Gasteiger partial charge < -0.3 is 16.0 Å². The molecule has 1 aromatic carbocycles. The molecular weight excluding hydrogens is 264 g/mol. The lowest BCUT2D eigenvalue weighted by atomic mass is 10.2. The van der Waals surface area contributed by atoms with Gasteiger partial charge in [-0.2, -0.15) is 0 Å². The SMILES string of the molecule is CN(CC(=O)Nc1ccc(CN)cc1)CC1CCCN1C. The normalized spacial score (nSPS) is 19.1. The summed E-state index contributed by atoms with van der Waals surface area (Å²) in [5.41, 5.74) is 7.45. The molecule has 0 saturated carbocycles. The van der Waals surface area contributed by atoms with E-state index in [4.69, 9.17) is 5.73 Å². The van der Waals surface area contributed by atoms with Crippen molar-refractivity contribution in [2.45, 2.75) is 25.4 Å². The molecule has 0 spiro atoms. The third-order valence-corrected chi connectivity index (χ3v) is 4.08. The van der Waals surface area contributed by atoms with Crippen molar-refractivity contribution in [2.75, 3.05) is 39.0 Å². The van der Waals surface area contributed by atoms with E-state index in [0.717, 1.165) is 24.3 Å². The van der Waals surface area contributed by atoms with Crippen LogP contribution in [0.1, 0.15) is 18.4 Å². The molecule has 0 aromatic heterocycles. The van der Waals surface area contributed by atoms with Crippen molar-refractivity contribution in [2.24, 2.45) is 5.73 Å². The molecule has 21 heavy (non-hydrogen) atoms. The maximum Gasteiger partial charge on any atom is 0.238 e. The zero-order valence-corrected chi connectivity index (χ0v) is 13.0. The first-order valence-corrected chi connectivity index (χ1v) is 7.56. The molecule has 5 heteroatoms. The highest BCUT2D eigenvalue weighted by Gasteiger charge is 2.22. The first-order chi connectivity index (χ1) is 10.1. The van der Waals surface area contributed by atoms with Crippen molar-refractivity contribution < 1.29 is 4.79 Å². The van der Waals surface area contributed by atoms with E-state index in [1.54, 1.807) is 0 Å². The van der Waals surface area contributed by atoms with Crippen LogP contribution in [0.25, 0.3) is 0 Å². The minimum atomic E-state index is 0.0265. The van der Waals surface area contributed by atoms with E-state index in [2.05, 4.69) is 22.2 Å². The summed E-state index contributed by atoms with van der Waals surface area (Å²) in [5, 5.41) is 2.93. The maximum absolute atomic E-state index is 12.0. The molecule has 1 amide bonds. The van der Waals surface area contributed by atoms with Crippen molar-refractivity contribution in [1.82, 2.24) is 9.80 Å². The van der Waals surface area contributed by atoms with Crippen LogP contribution in [0, 0.1) is 0 Å². The molecule has 1 atom stereocenters. The van der Waals surface area contributed by atoms with E-state index in [1.807, 2.05) is 31.3 Å². The fourth-order valence-electron chi connectivity index (χ4n) is 2.80. The van der Waals surface area contributed by atoms with Crippen molar-refractivity contribution in [3.8, 4) is 0 Å². The van der Waals surface area contributed by atoms with Crippen molar-refractivity contribution in [3.63, 3.8) is 0 Å². The van der Waals surface area contributed by atoms with Gasteiger partial charge in [-0.25, -0.2) is 0 Å². The molecule has 1 saturated heterocycles. The van der Waals surface area contributed by atoms with Crippen LogP contribution in [0.3, 0.4) is 0 Å². The fourth-order valence-corrected chi connectivity index (χ4v) is 2.80. The zero-order chi connectivity index (χ0) is 15.2. The molecule has 1 unspecified atom stereocenters. The molecule has 1 aromatic rings. The monoisotopic (exact) mass is 290 g/mol. The first kappa shape index (κ1) is 15.9. The lowest BCUT2D eigenvalue weighted by molar-refractivity contribution is -0.117. The fraction of sp³-hybridized carbons (Fsp3) is 0.562. The van der Waals surface area contributed by atoms with E-state index in [1.165, 1.54) is 12.8 Å². The average Bonchev–Trinajstić information content (AvgIpc) is 2.84. The molecule has 0 aliphatic carbocycles. The van der Waals surface area contributed by atoms with Crippen LogP contribution in [0.5, 0.6) is 0 Å². The summed E-state index contributed by atoms with van der Waals surface area (Å²) in [4.78, 5) is 16.5. The van der Waals surface area contributed by atoms with Crippen molar-refractivity contribution in [3.05, 3.63) is 29.8 Å². The van der Waals surface area contributed by atoms with E-state index >= 15 is 0 Å². The Kier molecular flexibility index (Phi) is 5.73. The van der Waals surface area contributed by atoms with Gasteiger partial charge in [-0.15, -0.1) is 0 Å². The first-order valence-electron chi connectivity index (χ1n) is 7.56. The number of carbonyl (C=O) groups excluding carboxylic acids is 1. The Morgan fingerprint density at radius 3 is 2.71 bits per heavy atom. The Hall–Kier alpha value is -1.43. The molecular formula is C16H26N4O. The second kappa shape index (κ2) is 7.54. The summed E-state index contributed by atoms with van der Waals surface area (Å²) in [6, 6.07) is 8.24. The predicted molar refractivity (Wildman–Crippen MR) is 86.1 cm³/mol. The number of hydrogen-bond acceptors (Lipinski definition) is 4. The average molecular weight is 290 g/mol. The number of likely N-dealkylation sites (tertiary alicyclic amines) is 1. The van der Waals surface area contributed by atoms with E-state index < -0.39 is 0 Å². The lowest BCUT2D eigenvalue weighted by Crippen LogP contribution is -2.40. The highest BCUT2D eigenvalue weighted by atomic mass is 16.2. The minimum Gasteiger partial charge on any atom is -0.326 e. The third-order valence-electron chi connectivity index (χ3n) is 4.08. The van der Waals surface area contributed by atoms with Gasteiger partial charge in [0, 0.05) is 24.8 Å². The van der Waals surface area contributed by atoms with Gasteiger partial charge in [0.05, 0.1) is 6.54 Å². The number of likely N-dealkylation sites (N-methyl/N-ethyl adjacent to an activating group) is 2. The van der Waals surface area contributed by atoms with E-state index in [-0.39, 0.29) is 5.91 Å². The van der Waals surface area contributed by atoms with E-state index in [9.17, 15) is 4.79 Å². The summed E-state index contributed by atoms with van der Waals surface area (Å²) in [5.74, 6) is 0.0265. The quantitative estimate of drug-likeness (QED) is 0.824. The number of amides is 1. The van der Waals surface area contributed by atoms with Crippen LogP contribution in [0.15, 0.2) is 24.3 Å². The number of nitrogens with two attached hydrogens (primary N) is 1. The predicted octanol–water partition coefficient (Wildman–Crippen LogP) is 1.11. The Bertz CT molecular complexity index is 460. The number of nitrogens with one attached hydrogen (secondary N) is 1. The number of rotatable bonds is 6. The largest absolute Gasteiger partial charge is 0.326 e. The van der Waals surface area contributed by atoms with Crippen LogP contribution >= 0.6 is 0 Å². The van der Waals surface area contributed by atoms with Gasteiger partial charge in [0.1, 0.15) is 0 Å². The van der Waals surface area contributed by atoms with E-state index in [0.29, 0.717) is 19.1 Å². The molecule has 1 fully saturated rings. The third kappa shape index (κ3) is 4.81. The topological polar surface area (TPSA) is 61.6 Å². The summed E-state index contributed by atoms with van der Waals surface area (Å²) in [7, 11) is 4.16. The number of hydrogen-bond donors (Lipinski definition) is 2. The highest BCUT2D eigenvalue weighted by molar-refractivity contribution is 5.92. The minimum absolute atomic E-state index is 0.0265. The van der Waals surface area contributed by atoms with Gasteiger partial charge in [-0.1, -0.05) is 12.1 Å². The summed E-state index contributed by atoms with van der Waals surface area (Å²) < 4.78 is 0. The van der Waals surface area contributed by atoms with Crippen molar-refractivity contribution >= 4 is 11.6 Å². The molecule has 1 aliphatic heterocycles. The van der Waals surface area contributed by atoms with Crippen LogP contribution in [0.4, 0.5) is 5.69 Å². The Labute approximate surface area is 127 Å². The molecule has 5 nitrogen and oxygen atoms in total. The molecule has 1 heterocycles. The highest BCUT2D eigenvalue weighted by Crippen LogP contribution is 2.15. The summed E-state index contributed by atoms with van der Waals surface area (Å²) >= 11 is 0. The molecule has 2 rings (SSSR count). The maximum atomic E-state index is 12.0. The lowest BCUT2D eigenvalue weighted by Gasteiger charge is -2.25. The number of benzene rings is 1. The summed E-state index contributed by atoms with van der Waals surface area (Å²) in [6.45, 7) is 3.04. The Morgan fingerprint density at radius 1 is 1.43 bits per heavy atom. The summed E-state index contributed by atoms with van der Waals surface area (Å²) in [6.07, 6.45) is 2.48. The van der Waals surface area contributed by atoms with Crippen LogP contribution in [0.2, 0.25) is 0 Å². The van der Waals surface area contributed by atoms with Gasteiger partial charge in [0.25, 0.3) is 0 Å². The Balaban J connectivity index is 1.77. The van der Waals surface area contributed by atoms with Gasteiger partial charge >= 0.3 is 0 Å². The van der Waals surface area contributed by atoms with Gasteiger partial charge in [0.15, 0.2) is 0 Å². The molecule has 1 aliphatic rings. The Morgan fingerprint density at radius 2 is 2.14 bits per heavy atom. The number of nitrogens with zero attached hydrogens (tertiary/aromatic N) is 2. The number of carbonyl (C=O) groups is 1. The molecule has 3 N–H and O–H groups in total. The molecule has 0 radical (unpaired) electrons. The standard InChI is InChI=1S/C16H26N4O/c1-19(11-15-4-3-9-20(15)2)12-16(21)18-14-7-5-13(10-17)6-8-14/h5-8,15H,3-4,9-12,17H2,1-2H3,(H,18,21). The van der Waals surface area contributed by atoms with Gasteiger partial charge in [0.2, 0.25) is 5.91 Å². The second-order valence-corrected chi connectivity index (χ2v) is 5.92.